The number of nitrogen functional groups attached to an aromatic ring is 1. The van der Waals surface area contributed by atoms with Crippen LogP contribution in [0.1, 0.15) is 4.88 Å². The Morgan fingerprint density at radius 1 is 1.25 bits per heavy atom. The van der Waals surface area contributed by atoms with Crippen molar-refractivity contribution >= 4 is 17.2 Å². The van der Waals surface area contributed by atoms with Gasteiger partial charge in [-0.25, -0.2) is 4.39 Å². The Morgan fingerprint density at radius 3 is 2.70 bits per heavy atom. The summed E-state index contributed by atoms with van der Waals surface area (Å²) in [5, 5.41) is 4.48. The van der Waals surface area contributed by atoms with Gasteiger partial charge in [0.2, 0.25) is 0 Å². The molecule has 0 saturated carbocycles. The summed E-state index contributed by atoms with van der Waals surface area (Å²) in [4.78, 5) is 2.24. The van der Waals surface area contributed by atoms with E-state index in [1.807, 2.05) is 25.1 Å². The van der Waals surface area contributed by atoms with Crippen LogP contribution in [-0.4, -0.2) is 9.78 Å². The Kier molecular flexibility index (Phi) is 3.06. The molecule has 3 aromatic rings. The van der Waals surface area contributed by atoms with E-state index in [2.05, 4.69) is 5.10 Å². The molecule has 20 heavy (non-hydrogen) atoms. The minimum Gasteiger partial charge on any atom is -0.383 e. The van der Waals surface area contributed by atoms with Gasteiger partial charge in [0, 0.05) is 11.9 Å². The maximum atomic E-state index is 13.5. The standard InChI is InChI=1S/C15H14FN3S/c1-9-6-7-12(20-9)14-13(15(17)19(2)18-14)10-4-3-5-11(16)8-10/h3-8H,17H2,1-2H3. The zero-order valence-electron chi connectivity index (χ0n) is 11.2. The summed E-state index contributed by atoms with van der Waals surface area (Å²) in [7, 11) is 1.79. The molecule has 2 N–H and O–H groups in total. The normalized spacial score (nSPS) is 10.9. The predicted octanol–water partition coefficient (Wildman–Crippen LogP) is 3.85. The Bertz CT molecular complexity index is 773. The van der Waals surface area contributed by atoms with Crippen LogP contribution in [0.5, 0.6) is 0 Å². The van der Waals surface area contributed by atoms with Gasteiger partial charge in [0.05, 0.1) is 10.4 Å². The lowest BCUT2D eigenvalue weighted by molar-refractivity contribution is 0.628. The topological polar surface area (TPSA) is 43.8 Å². The van der Waals surface area contributed by atoms with E-state index in [4.69, 9.17) is 5.73 Å². The molecule has 0 unspecified atom stereocenters. The van der Waals surface area contributed by atoms with Crippen molar-refractivity contribution in [1.82, 2.24) is 9.78 Å². The second kappa shape index (κ2) is 4.76. The summed E-state index contributed by atoms with van der Waals surface area (Å²) >= 11 is 1.65. The lowest BCUT2D eigenvalue weighted by atomic mass is 10.0. The van der Waals surface area contributed by atoms with E-state index in [9.17, 15) is 4.39 Å². The molecule has 0 atom stereocenters. The van der Waals surface area contributed by atoms with Crippen molar-refractivity contribution in [1.29, 1.82) is 0 Å². The number of aryl methyl sites for hydroxylation is 2. The molecule has 5 heteroatoms. The molecular formula is C15H14FN3S. The van der Waals surface area contributed by atoms with Crippen molar-refractivity contribution in [3.05, 3.63) is 47.1 Å². The van der Waals surface area contributed by atoms with E-state index in [-0.39, 0.29) is 5.82 Å². The van der Waals surface area contributed by atoms with Crippen LogP contribution in [0, 0.1) is 12.7 Å². The summed E-state index contributed by atoms with van der Waals surface area (Å²) in [5.41, 5.74) is 8.44. The maximum Gasteiger partial charge on any atom is 0.129 e. The lowest BCUT2D eigenvalue weighted by Gasteiger charge is -2.03. The molecule has 1 aromatic carbocycles. The van der Waals surface area contributed by atoms with Crippen LogP contribution in [-0.2, 0) is 7.05 Å². The number of thiophene rings is 1. The molecule has 0 aliphatic carbocycles. The summed E-state index contributed by atoms with van der Waals surface area (Å²) in [6.45, 7) is 2.04. The van der Waals surface area contributed by atoms with Crippen LogP contribution in [0.4, 0.5) is 10.2 Å². The van der Waals surface area contributed by atoms with Gasteiger partial charge in [0.25, 0.3) is 0 Å². The Balaban J connectivity index is 2.24. The minimum atomic E-state index is -0.279. The number of halogens is 1. The molecule has 0 bridgehead atoms. The van der Waals surface area contributed by atoms with Crippen LogP contribution >= 0.6 is 11.3 Å². The number of aromatic nitrogens is 2. The highest BCUT2D eigenvalue weighted by Gasteiger charge is 2.18. The highest BCUT2D eigenvalue weighted by atomic mass is 32.1. The lowest BCUT2D eigenvalue weighted by Crippen LogP contribution is -1.98. The van der Waals surface area contributed by atoms with E-state index < -0.39 is 0 Å². The smallest absolute Gasteiger partial charge is 0.129 e. The molecule has 0 saturated heterocycles. The van der Waals surface area contributed by atoms with Crippen molar-refractivity contribution in [3.63, 3.8) is 0 Å². The SMILES string of the molecule is Cc1ccc(-c2nn(C)c(N)c2-c2cccc(F)c2)s1. The Morgan fingerprint density at radius 2 is 2.05 bits per heavy atom. The fraction of sp³-hybridized carbons (Fsp3) is 0.133. The third-order valence-electron chi connectivity index (χ3n) is 3.18. The van der Waals surface area contributed by atoms with E-state index in [1.165, 1.54) is 17.0 Å². The second-order valence-electron chi connectivity index (χ2n) is 4.65. The number of hydrogen-bond acceptors (Lipinski definition) is 3. The van der Waals surface area contributed by atoms with Gasteiger partial charge in [0.15, 0.2) is 0 Å². The molecular weight excluding hydrogens is 273 g/mol. The van der Waals surface area contributed by atoms with Gasteiger partial charge in [-0.1, -0.05) is 12.1 Å². The van der Waals surface area contributed by atoms with Crippen molar-refractivity contribution in [2.45, 2.75) is 6.92 Å². The van der Waals surface area contributed by atoms with Gasteiger partial charge in [-0.15, -0.1) is 11.3 Å². The average molecular weight is 287 g/mol. The largest absolute Gasteiger partial charge is 0.383 e. The molecule has 2 aromatic heterocycles. The van der Waals surface area contributed by atoms with Crippen LogP contribution < -0.4 is 5.73 Å². The molecule has 0 aliphatic heterocycles. The molecule has 0 fully saturated rings. The van der Waals surface area contributed by atoms with Crippen molar-refractivity contribution in [2.75, 3.05) is 5.73 Å². The van der Waals surface area contributed by atoms with Crippen LogP contribution in [0.2, 0.25) is 0 Å². The summed E-state index contributed by atoms with van der Waals surface area (Å²) in [6.07, 6.45) is 0. The van der Waals surface area contributed by atoms with E-state index >= 15 is 0 Å². The van der Waals surface area contributed by atoms with Crippen LogP contribution in [0.3, 0.4) is 0 Å². The highest BCUT2D eigenvalue weighted by molar-refractivity contribution is 7.15. The number of nitrogens with zero attached hydrogens (tertiary/aromatic N) is 2. The summed E-state index contributed by atoms with van der Waals surface area (Å²) < 4.78 is 15.1. The van der Waals surface area contributed by atoms with E-state index in [1.54, 1.807) is 29.1 Å². The maximum absolute atomic E-state index is 13.5. The third kappa shape index (κ3) is 2.10. The molecule has 0 amide bonds. The zero-order valence-corrected chi connectivity index (χ0v) is 12.0. The van der Waals surface area contributed by atoms with E-state index in [0.717, 1.165) is 21.7 Å². The first kappa shape index (κ1) is 12.9. The van der Waals surface area contributed by atoms with Gasteiger partial charge in [0.1, 0.15) is 17.3 Å². The fourth-order valence-corrected chi connectivity index (χ4v) is 3.06. The van der Waals surface area contributed by atoms with Gasteiger partial charge < -0.3 is 5.73 Å². The monoisotopic (exact) mass is 287 g/mol. The second-order valence-corrected chi connectivity index (χ2v) is 5.94. The van der Waals surface area contributed by atoms with Crippen molar-refractivity contribution < 1.29 is 4.39 Å². The zero-order chi connectivity index (χ0) is 14.3. The van der Waals surface area contributed by atoms with Gasteiger partial charge in [-0.3, -0.25) is 4.68 Å². The van der Waals surface area contributed by atoms with Crippen molar-refractivity contribution in [3.8, 4) is 21.7 Å². The first-order valence-corrected chi connectivity index (χ1v) is 7.03. The average Bonchev–Trinajstić information content (AvgIpc) is 2.95. The highest BCUT2D eigenvalue weighted by Crippen LogP contribution is 2.38. The number of nitrogens with two attached hydrogens (primary N) is 1. The Labute approximate surface area is 120 Å². The number of hydrogen-bond donors (Lipinski definition) is 1. The van der Waals surface area contributed by atoms with Gasteiger partial charge in [-0.05, 0) is 36.8 Å². The first-order valence-electron chi connectivity index (χ1n) is 6.21. The number of anilines is 1. The number of benzene rings is 1. The number of rotatable bonds is 2. The molecule has 3 rings (SSSR count). The molecule has 0 radical (unpaired) electrons. The fourth-order valence-electron chi connectivity index (χ4n) is 2.20. The Hall–Kier alpha value is -2.14. The predicted molar refractivity (Wildman–Crippen MR) is 81.1 cm³/mol. The quantitative estimate of drug-likeness (QED) is 0.778. The summed E-state index contributed by atoms with van der Waals surface area (Å²) in [6, 6.07) is 10.5. The molecule has 102 valence electrons. The molecule has 0 spiro atoms. The molecule has 3 nitrogen and oxygen atoms in total. The molecule has 0 aliphatic rings. The van der Waals surface area contributed by atoms with Crippen LogP contribution in [0.15, 0.2) is 36.4 Å². The van der Waals surface area contributed by atoms with Gasteiger partial charge >= 0.3 is 0 Å². The van der Waals surface area contributed by atoms with Crippen molar-refractivity contribution in [2.24, 2.45) is 7.05 Å². The third-order valence-corrected chi connectivity index (χ3v) is 4.19. The van der Waals surface area contributed by atoms with E-state index in [0.29, 0.717) is 5.82 Å². The minimum absolute atomic E-state index is 0.279. The molecule has 2 heterocycles. The van der Waals surface area contributed by atoms with Crippen LogP contribution in [0.25, 0.3) is 21.7 Å². The first-order chi connectivity index (χ1) is 9.56. The summed E-state index contributed by atoms with van der Waals surface area (Å²) in [5.74, 6) is 0.260. The van der Waals surface area contributed by atoms with Gasteiger partial charge in [-0.2, -0.15) is 5.10 Å².